The van der Waals surface area contributed by atoms with Gasteiger partial charge in [-0.15, -0.1) is 0 Å². The standard InChI is InChI=1S/C23H27N7O5.C3H3F3O/c1-12(2)28-22-23(34)30(18(10-27-22)14-6-15(24)8-16(31)7-14)11-20(33)26-9-13-3-4-17(19(32)5-13)21(25)29-35;1-2(7)3(4,5)6/h3-8,10,12,31-32,35H,9,11,24H2,1-2H3,(H2,25,29)(H,26,33)(H,27,28);1H3. The number of aromatic hydroxyl groups is 2. The predicted octanol–water partition coefficient (Wildman–Crippen LogP) is 2.27. The number of oxime groups is 1. The van der Waals surface area contributed by atoms with E-state index in [-0.39, 0.29) is 53.5 Å². The van der Waals surface area contributed by atoms with Crippen molar-refractivity contribution in [2.45, 2.75) is 46.1 Å². The molecule has 1 aromatic heterocycles. The Balaban J connectivity index is 0.000000782. The Kier molecular flexibility index (Phi) is 10.9. The van der Waals surface area contributed by atoms with Gasteiger partial charge in [0.2, 0.25) is 11.7 Å². The third-order valence-corrected chi connectivity index (χ3v) is 5.35. The number of alkyl halides is 3. The summed E-state index contributed by atoms with van der Waals surface area (Å²) in [5, 5.41) is 37.3. The quantitative estimate of drug-likeness (QED) is 0.0664. The van der Waals surface area contributed by atoms with Crippen LogP contribution in [0.25, 0.3) is 11.3 Å². The molecule has 226 valence electrons. The molecular weight excluding hydrogens is 563 g/mol. The molecule has 2 aromatic carbocycles. The van der Waals surface area contributed by atoms with E-state index >= 15 is 0 Å². The van der Waals surface area contributed by atoms with Gasteiger partial charge in [0, 0.05) is 36.8 Å². The van der Waals surface area contributed by atoms with E-state index < -0.39 is 23.4 Å². The molecule has 0 spiro atoms. The largest absolute Gasteiger partial charge is 0.508 e. The predicted molar refractivity (Wildman–Crippen MR) is 148 cm³/mol. The first-order valence-corrected chi connectivity index (χ1v) is 12.1. The first-order valence-electron chi connectivity index (χ1n) is 12.1. The van der Waals surface area contributed by atoms with Gasteiger partial charge in [-0.25, -0.2) is 4.98 Å². The molecule has 16 heteroatoms. The molecule has 0 aliphatic heterocycles. The number of anilines is 2. The van der Waals surface area contributed by atoms with Crippen molar-refractivity contribution in [3.05, 3.63) is 64.1 Å². The zero-order chi connectivity index (χ0) is 31.8. The van der Waals surface area contributed by atoms with Crippen molar-refractivity contribution in [2.75, 3.05) is 11.1 Å². The highest BCUT2D eigenvalue weighted by Crippen LogP contribution is 2.26. The van der Waals surface area contributed by atoms with Crippen molar-refractivity contribution < 1.29 is 38.2 Å². The Hall–Kier alpha value is -5.28. The first kappa shape index (κ1) is 32.9. The molecule has 0 bridgehead atoms. The van der Waals surface area contributed by atoms with Crippen LogP contribution in [-0.4, -0.2) is 54.7 Å². The average Bonchev–Trinajstić information content (AvgIpc) is 2.88. The maximum Gasteiger partial charge on any atom is 0.449 e. The molecule has 0 saturated heterocycles. The smallest absolute Gasteiger partial charge is 0.449 e. The van der Waals surface area contributed by atoms with Gasteiger partial charge in [-0.3, -0.25) is 19.0 Å². The van der Waals surface area contributed by atoms with E-state index in [4.69, 9.17) is 16.7 Å². The van der Waals surface area contributed by atoms with E-state index in [0.29, 0.717) is 23.7 Å². The number of rotatable bonds is 8. The molecule has 13 nitrogen and oxygen atoms in total. The van der Waals surface area contributed by atoms with Gasteiger partial charge in [0.05, 0.1) is 17.5 Å². The molecule has 3 aromatic rings. The average molecular weight is 594 g/mol. The van der Waals surface area contributed by atoms with Crippen molar-refractivity contribution in [1.29, 1.82) is 0 Å². The van der Waals surface area contributed by atoms with E-state index in [1.54, 1.807) is 12.1 Å². The summed E-state index contributed by atoms with van der Waals surface area (Å²) in [6.07, 6.45) is -3.21. The molecule has 0 aliphatic rings. The van der Waals surface area contributed by atoms with Gasteiger partial charge in [0.15, 0.2) is 11.7 Å². The number of nitrogens with two attached hydrogens (primary N) is 2. The van der Waals surface area contributed by atoms with Crippen molar-refractivity contribution in [1.82, 2.24) is 14.9 Å². The van der Waals surface area contributed by atoms with Crippen molar-refractivity contribution >= 4 is 29.0 Å². The molecule has 0 fully saturated rings. The fourth-order valence-electron chi connectivity index (χ4n) is 3.39. The van der Waals surface area contributed by atoms with Crippen LogP contribution in [0.5, 0.6) is 11.5 Å². The summed E-state index contributed by atoms with van der Waals surface area (Å²) < 4.78 is 33.7. The van der Waals surface area contributed by atoms with Crippen LogP contribution >= 0.6 is 0 Å². The Morgan fingerprint density at radius 2 is 1.79 bits per heavy atom. The fraction of sp³-hybridized carbons (Fsp3) is 0.269. The Morgan fingerprint density at radius 1 is 1.14 bits per heavy atom. The fourth-order valence-corrected chi connectivity index (χ4v) is 3.39. The van der Waals surface area contributed by atoms with Crippen LogP contribution in [0.3, 0.4) is 0 Å². The van der Waals surface area contributed by atoms with Crippen LogP contribution in [0.15, 0.2) is 52.5 Å². The maximum atomic E-state index is 13.1. The van der Waals surface area contributed by atoms with Crippen LogP contribution in [-0.2, 0) is 22.7 Å². The molecule has 9 N–H and O–H groups in total. The highest BCUT2D eigenvalue weighted by Gasteiger charge is 2.33. The van der Waals surface area contributed by atoms with Crippen LogP contribution in [0.1, 0.15) is 31.9 Å². The lowest BCUT2D eigenvalue weighted by Crippen LogP contribution is -2.35. The number of amidine groups is 1. The highest BCUT2D eigenvalue weighted by atomic mass is 19.4. The topological polar surface area (TPSA) is 218 Å². The number of carbonyl (C=O) groups is 2. The van der Waals surface area contributed by atoms with Gasteiger partial charge in [0.1, 0.15) is 18.0 Å². The second-order valence-corrected chi connectivity index (χ2v) is 9.16. The third-order valence-electron chi connectivity index (χ3n) is 5.35. The molecule has 3 rings (SSSR count). The zero-order valence-corrected chi connectivity index (χ0v) is 22.7. The summed E-state index contributed by atoms with van der Waals surface area (Å²) in [4.78, 5) is 39.4. The summed E-state index contributed by atoms with van der Waals surface area (Å²) in [6.45, 7) is 3.90. The molecular formula is C26H30F3N7O6. The monoisotopic (exact) mass is 593 g/mol. The van der Waals surface area contributed by atoms with Gasteiger partial charge in [0.25, 0.3) is 5.56 Å². The molecule has 0 radical (unpaired) electrons. The number of nitrogens with zero attached hydrogens (tertiary/aromatic N) is 3. The van der Waals surface area contributed by atoms with Gasteiger partial charge in [-0.1, -0.05) is 11.2 Å². The second-order valence-electron chi connectivity index (χ2n) is 9.16. The Morgan fingerprint density at radius 3 is 2.31 bits per heavy atom. The number of Topliss-reactive ketones (excluding diaryl/α,β-unsaturated/α-hetero) is 1. The number of nitrogens with one attached hydrogen (secondary N) is 2. The van der Waals surface area contributed by atoms with Crippen molar-refractivity contribution in [3.8, 4) is 22.8 Å². The minimum absolute atomic E-state index is 0.0498. The second kappa shape index (κ2) is 13.9. The van der Waals surface area contributed by atoms with E-state index in [1.165, 1.54) is 35.0 Å². The van der Waals surface area contributed by atoms with Crippen molar-refractivity contribution in [3.63, 3.8) is 0 Å². The lowest BCUT2D eigenvalue weighted by atomic mass is 10.1. The lowest BCUT2D eigenvalue weighted by Gasteiger charge is -2.16. The number of halogens is 3. The number of phenolic OH excluding ortho intramolecular Hbond substituents is 2. The molecule has 0 aliphatic carbocycles. The third kappa shape index (κ3) is 9.14. The summed E-state index contributed by atoms with van der Waals surface area (Å²) in [6, 6.07) is 8.69. The van der Waals surface area contributed by atoms with Crippen LogP contribution in [0, 0.1) is 0 Å². The summed E-state index contributed by atoms with van der Waals surface area (Å²) in [5.41, 5.74) is 12.5. The van der Waals surface area contributed by atoms with Gasteiger partial charge in [-0.05, 0) is 43.7 Å². The number of hydrogen-bond acceptors (Lipinski definition) is 10. The van der Waals surface area contributed by atoms with Crippen LogP contribution < -0.4 is 27.7 Å². The highest BCUT2D eigenvalue weighted by molar-refractivity contribution is 5.99. The molecule has 42 heavy (non-hydrogen) atoms. The number of benzene rings is 2. The Bertz CT molecular complexity index is 1520. The molecule has 0 saturated carbocycles. The summed E-state index contributed by atoms with van der Waals surface area (Å²) in [7, 11) is 0. The van der Waals surface area contributed by atoms with Gasteiger partial charge < -0.3 is 37.5 Å². The molecule has 1 heterocycles. The van der Waals surface area contributed by atoms with E-state index in [0.717, 1.165) is 0 Å². The summed E-state index contributed by atoms with van der Waals surface area (Å²) >= 11 is 0. The first-order chi connectivity index (χ1) is 19.5. The Labute approximate surface area is 237 Å². The molecule has 1 amide bonds. The normalized spacial score (nSPS) is 11.5. The van der Waals surface area contributed by atoms with Crippen molar-refractivity contribution in [2.24, 2.45) is 10.9 Å². The van der Waals surface area contributed by atoms with E-state index in [2.05, 4.69) is 20.8 Å². The SMILES string of the molecule is CC(=O)C(F)(F)F.CC(C)Nc1ncc(-c2cc(N)cc(O)c2)n(CC(=O)NCc2ccc(/C(N)=N/O)c(O)c2)c1=O. The summed E-state index contributed by atoms with van der Waals surface area (Å²) in [5.74, 6) is -2.72. The van der Waals surface area contributed by atoms with E-state index in [1.807, 2.05) is 13.8 Å². The number of nitrogen functional groups attached to an aromatic ring is 1. The van der Waals surface area contributed by atoms with Gasteiger partial charge >= 0.3 is 6.18 Å². The lowest BCUT2D eigenvalue weighted by molar-refractivity contribution is -0.168. The number of phenols is 2. The zero-order valence-electron chi connectivity index (χ0n) is 22.7. The number of amides is 1. The number of carbonyl (C=O) groups excluding carboxylic acids is 2. The number of ketones is 1. The number of aromatic nitrogens is 2. The van der Waals surface area contributed by atoms with Crippen LogP contribution in [0.2, 0.25) is 0 Å². The van der Waals surface area contributed by atoms with Gasteiger partial charge in [-0.2, -0.15) is 13.2 Å². The minimum Gasteiger partial charge on any atom is -0.508 e. The van der Waals surface area contributed by atoms with E-state index in [9.17, 15) is 37.8 Å². The maximum absolute atomic E-state index is 13.1. The minimum atomic E-state index is -4.64. The molecule has 0 atom stereocenters. The number of hydrogen-bond donors (Lipinski definition) is 7. The molecule has 0 unspecified atom stereocenters. The van der Waals surface area contributed by atoms with Crippen LogP contribution in [0.4, 0.5) is 24.7 Å².